The summed E-state index contributed by atoms with van der Waals surface area (Å²) in [6.07, 6.45) is 0.441. The lowest BCUT2D eigenvalue weighted by Crippen LogP contribution is -2.32. The zero-order valence-corrected chi connectivity index (χ0v) is 14.0. The van der Waals surface area contributed by atoms with Gasteiger partial charge in [0.2, 0.25) is 0 Å². The maximum Gasteiger partial charge on any atom is 0.329 e. The number of carbonyl (C=O) groups is 2. The van der Waals surface area contributed by atoms with Crippen molar-refractivity contribution in [3.63, 3.8) is 0 Å². The number of amides is 3. The number of halogens is 1. The maximum atomic E-state index is 12.7. The van der Waals surface area contributed by atoms with Crippen molar-refractivity contribution in [2.45, 2.75) is 12.5 Å². The van der Waals surface area contributed by atoms with E-state index in [-0.39, 0.29) is 5.91 Å². The van der Waals surface area contributed by atoms with Crippen LogP contribution in [0.1, 0.15) is 5.56 Å². The smallest absolute Gasteiger partial charge is 0.325 e. The highest BCUT2D eigenvalue weighted by Gasteiger charge is 2.39. The Balaban J connectivity index is 1.60. The van der Waals surface area contributed by atoms with Gasteiger partial charge in [-0.05, 0) is 28.5 Å². The first-order valence-electron chi connectivity index (χ1n) is 8.00. The van der Waals surface area contributed by atoms with Crippen molar-refractivity contribution in [1.82, 2.24) is 5.32 Å². The molecule has 1 saturated heterocycles. The van der Waals surface area contributed by atoms with Crippen molar-refractivity contribution >= 4 is 40.0 Å². The first kappa shape index (κ1) is 15.7. The number of hydrogen-bond donors (Lipinski definition) is 1. The summed E-state index contributed by atoms with van der Waals surface area (Å²) in [6, 6.07) is 19.9. The molecule has 0 radical (unpaired) electrons. The third kappa shape index (κ3) is 2.85. The van der Waals surface area contributed by atoms with Gasteiger partial charge >= 0.3 is 6.03 Å². The van der Waals surface area contributed by atoms with Crippen LogP contribution in [0.15, 0.2) is 66.7 Å². The third-order valence-electron chi connectivity index (χ3n) is 4.37. The number of para-hydroxylation sites is 1. The maximum absolute atomic E-state index is 12.7. The molecule has 25 heavy (non-hydrogen) atoms. The second-order valence-electron chi connectivity index (χ2n) is 6.01. The van der Waals surface area contributed by atoms with Crippen LogP contribution in [0.5, 0.6) is 0 Å². The molecule has 1 N–H and O–H groups in total. The van der Waals surface area contributed by atoms with Crippen LogP contribution in [0.25, 0.3) is 10.8 Å². The van der Waals surface area contributed by atoms with E-state index in [0.29, 0.717) is 17.1 Å². The van der Waals surface area contributed by atoms with E-state index in [2.05, 4.69) is 5.32 Å². The van der Waals surface area contributed by atoms with Crippen LogP contribution in [0.4, 0.5) is 10.5 Å². The Bertz CT molecular complexity index is 986. The molecule has 3 amide bonds. The van der Waals surface area contributed by atoms with Gasteiger partial charge in [0.05, 0.1) is 10.7 Å². The number of hydrogen-bond acceptors (Lipinski definition) is 2. The van der Waals surface area contributed by atoms with Gasteiger partial charge in [0, 0.05) is 6.42 Å². The number of rotatable bonds is 3. The molecule has 1 fully saturated rings. The van der Waals surface area contributed by atoms with Crippen LogP contribution in [0.3, 0.4) is 0 Å². The number of nitrogens with zero attached hydrogens (tertiary/aromatic N) is 1. The van der Waals surface area contributed by atoms with E-state index >= 15 is 0 Å². The number of anilines is 1. The summed E-state index contributed by atoms with van der Waals surface area (Å²) in [7, 11) is 0. The number of fused-ring (bicyclic) bond motifs is 1. The van der Waals surface area contributed by atoms with Gasteiger partial charge in [-0.1, -0.05) is 66.2 Å². The van der Waals surface area contributed by atoms with E-state index in [1.807, 2.05) is 42.5 Å². The zero-order chi connectivity index (χ0) is 17.4. The topological polar surface area (TPSA) is 49.4 Å². The Morgan fingerprint density at radius 1 is 0.920 bits per heavy atom. The fraction of sp³-hybridized carbons (Fsp3) is 0.100. The molecule has 5 heteroatoms. The lowest BCUT2D eigenvalue weighted by atomic mass is 10.0. The molecule has 0 saturated carbocycles. The number of carbonyl (C=O) groups excluding carboxylic acids is 2. The molecular formula is C20H15ClN2O2. The minimum absolute atomic E-state index is 0.286. The van der Waals surface area contributed by atoms with Crippen molar-refractivity contribution in [2.75, 3.05) is 4.90 Å². The highest BCUT2D eigenvalue weighted by atomic mass is 35.5. The molecule has 124 valence electrons. The van der Waals surface area contributed by atoms with Crippen LogP contribution in [0, 0.1) is 0 Å². The molecule has 1 atom stereocenters. The number of nitrogens with one attached hydrogen (secondary N) is 1. The van der Waals surface area contributed by atoms with Crippen molar-refractivity contribution in [3.8, 4) is 0 Å². The zero-order valence-electron chi connectivity index (χ0n) is 13.3. The summed E-state index contributed by atoms with van der Waals surface area (Å²) in [5, 5.41) is 5.38. The third-order valence-corrected chi connectivity index (χ3v) is 4.69. The molecule has 3 aromatic rings. The fourth-order valence-corrected chi connectivity index (χ4v) is 3.35. The molecule has 0 bridgehead atoms. The lowest BCUT2D eigenvalue weighted by Gasteiger charge is -2.14. The largest absolute Gasteiger partial charge is 0.329 e. The summed E-state index contributed by atoms with van der Waals surface area (Å²) in [4.78, 5) is 26.1. The molecule has 1 heterocycles. The molecule has 1 unspecified atom stereocenters. The van der Waals surface area contributed by atoms with Gasteiger partial charge in [-0.25, -0.2) is 9.69 Å². The Labute approximate surface area is 150 Å². The normalized spacial score (nSPS) is 17.2. The summed E-state index contributed by atoms with van der Waals surface area (Å²) in [5.41, 5.74) is 1.41. The van der Waals surface area contributed by atoms with E-state index in [4.69, 9.17) is 11.6 Å². The van der Waals surface area contributed by atoms with Gasteiger partial charge in [-0.2, -0.15) is 0 Å². The number of imide groups is 1. The van der Waals surface area contributed by atoms with Gasteiger partial charge < -0.3 is 5.32 Å². The van der Waals surface area contributed by atoms with Crippen LogP contribution in [-0.2, 0) is 11.2 Å². The van der Waals surface area contributed by atoms with E-state index in [9.17, 15) is 9.59 Å². The minimum atomic E-state index is -0.593. The van der Waals surface area contributed by atoms with Gasteiger partial charge in [0.25, 0.3) is 5.91 Å². The Hall–Kier alpha value is -2.85. The highest BCUT2D eigenvalue weighted by Crippen LogP contribution is 2.28. The molecule has 0 aromatic heterocycles. The van der Waals surface area contributed by atoms with E-state index in [0.717, 1.165) is 21.2 Å². The molecule has 0 spiro atoms. The summed E-state index contributed by atoms with van der Waals surface area (Å²) >= 11 is 6.13. The van der Waals surface area contributed by atoms with Crippen molar-refractivity contribution in [3.05, 3.63) is 77.3 Å². The Kier molecular flexibility index (Phi) is 3.90. The van der Waals surface area contributed by atoms with E-state index in [1.165, 1.54) is 0 Å². The van der Waals surface area contributed by atoms with Crippen LogP contribution in [0.2, 0.25) is 5.02 Å². The second kappa shape index (κ2) is 6.22. The van der Waals surface area contributed by atoms with Crippen LogP contribution < -0.4 is 10.2 Å². The van der Waals surface area contributed by atoms with Gasteiger partial charge in [-0.3, -0.25) is 4.79 Å². The lowest BCUT2D eigenvalue weighted by molar-refractivity contribution is -0.118. The summed E-state index contributed by atoms with van der Waals surface area (Å²) in [6.45, 7) is 0. The second-order valence-corrected chi connectivity index (χ2v) is 6.42. The van der Waals surface area contributed by atoms with Crippen LogP contribution in [-0.4, -0.2) is 18.0 Å². The predicted molar refractivity (Wildman–Crippen MR) is 98.9 cm³/mol. The summed E-state index contributed by atoms with van der Waals surface area (Å²) in [5.74, 6) is -0.286. The number of benzene rings is 3. The quantitative estimate of drug-likeness (QED) is 0.721. The molecule has 0 aliphatic carbocycles. The van der Waals surface area contributed by atoms with Crippen molar-refractivity contribution < 1.29 is 9.59 Å². The fourth-order valence-electron chi connectivity index (χ4n) is 3.13. The molecule has 4 nitrogen and oxygen atoms in total. The van der Waals surface area contributed by atoms with Gasteiger partial charge in [0.15, 0.2) is 0 Å². The molecular weight excluding hydrogens is 336 g/mol. The Morgan fingerprint density at radius 2 is 1.64 bits per heavy atom. The Morgan fingerprint density at radius 3 is 2.44 bits per heavy atom. The summed E-state index contributed by atoms with van der Waals surface area (Å²) < 4.78 is 0. The van der Waals surface area contributed by atoms with Crippen LogP contribution >= 0.6 is 11.6 Å². The first-order chi connectivity index (χ1) is 12.1. The van der Waals surface area contributed by atoms with Gasteiger partial charge in [-0.15, -0.1) is 0 Å². The first-order valence-corrected chi connectivity index (χ1v) is 8.38. The standard InChI is InChI=1S/C20H15ClN2O2/c21-16-7-3-4-8-18(16)23-19(24)17(22-20(23)25)12-13-9-10-14-5-1-2-6-15(14)11-13/h1-11,17H,12H2,(H,22,25). The van der Waals surface area contributed by atoms with Gasteiger partial charge in [0.1, 0.15) is 6.04 Å². The molecule has 3 aromatic carbocycles. The molecule has 4 rings (SSSR count). The molecule has 1 aliphatic heterocycles. The predicted octanol–water partition coefficient (Wildman–Crippen LogP) is 4.16. The average molecular weight is 351 g/mol. The molecule has 1 aliphatic rings. The van der Waals surface area contributed by atoms with Crippen molar-refractivity contribution in [1.29, 1.82) is 0 Å². The minimum Gasteiger partial charge on any atom is -0.325 e. The SMILES string of the molecule is O=C1NC(Cc2ccc3ccccc3c2)C(=O)N1c1ccccc1Cl. The monoisotopic (exact) mass is 350 g/mol. The van der Waals surface area contributed by atoms with E-state index in [1.54, 1.807) is 24.3 Å². The number of urea groups is 1. The highest BCUT2D eigenvalue weighted by molar-refractivity contribution is 6.35. The van der Waals surface area contributed by atoms with Crippen molar-refractivity contribution in [2.24, 2.45) is 0 Å². The van der Waals surface area contributed by atoms with E-state index < -0.39 is 12.1 Å². The average Bonchev–Trinajstić information content (AvgIpc) is 2.89.